The van der Waals surface area contributed by atoms with Crippen molar-refractivity contribution in [1.29, 1.82) is 5.41 Å². The number of hydrogen-bond acceptors (Lipinski definition) is 6. The largest absolute Gasteiger partial charge is 0.382 e. The van der Waals surface area contributed by atoms with Gasteiger partial charge in [0.1, 0.15) is 17.7 Å². The van der Waals surface area contributed by atoms with Crippen molar-refractivity contribution >= 4 is 39.7 Å². The van der Waals surface area contributed by atoms with Crippen LogP contribution >= 0.6 is 0 Å². The molecule has 12 nitrogen and oxygen atoms in total. The Hall–Kier alpha value is -4.26. The number of aliphatic imine (C=N–C) groups is 1. The van der Waals surface area contributed by atoms with E-state index >= 15 is 0 Å². The number of aromatic amines is 1. The van der Waals surface area contributed by atoms with Crippen LogP contribution in [0, 0.1) is 5.41 Å². The van der Waals surface area contributed by atoms with Gasteiger partial charge in [-0.3, -0.25) is 15.0 Å². The van der Waals surface area contributed by atoms with Crippen LogP contribution in [0.3, 0.4) is 0 Å². The second kappa shape index (κ2) is 10.1. The van der Waals surface area contributed by atoms with Crippen molar-refractivity contribution in [2.45, 2.75) is 45.4 Å². The first-order chi connectivity index (χ1) is 18.3. The Morgan fingerprint density at radius 1 is 1.23 bits per heavy atom. The summed E-state index contributed by atoms with van der Waals surface area (Å²) in [6.07, 6.45) is 3.66. The fourth-order valence-electron chi connectivity index (χ4n) is 4.64. The molecule has 0 spiro atoms. The molecule has 0 bridgehead atoms. The lowest BCUT2D eigenvalue weighted by atomic mass is 9.96. The molecule has 1 fully saturated rings. The third-order valence-corrected chi connectivity index (χ3v) is 8.76. The van der Waals surface area contributed by atoms with E-state index in [0.29, 0.717) is 41.3 Å². The SMILES string of the molecule is CC(=O)N1CCN(c2cccc(-c3cc(-c4cnn(S(=O)(=O)C(C)C)c4)c(C(N)=NC=N)[nH]3)c2)C(=O)C1(C)C. The van der Waals surface area contributed by atoms with Crippen LogP contribution < -0.4 is 10.6 Å². The van der Waals surface area contributed by atoms with Crippen molar-refractivity contribution in [3.05, 3.63) is 48.4 Å². The van der Waals surface area contributed by atoms with Crippen molar-refractivity contribution in [3.8, 4) is 22.4 Å². The summed E-state index contributed by atoms with van der Waals surface area (Å²) in [5.41, 5.74) is 8.65. The first-order valence-corrected chi connectivity index (χ1v) is 13.8. The summed E-state index contributed by atoms with van der Waals surface area (Å²) in [6, 6.07) is 9.17. The van der Waals surface area contributed by atoms with Gasteiger partial charge in [-0.15, -0.1) is 0 Å². The number of aromatic nitrogens is 3. The molecule has 13 heteroatoms. The number of rotatable bonds is 7. The number of benzene rings is 1. The maximum atomic E-state index is 13.4. The highest BCUT2D eigenvalue weighted by Crippen LogP contribution is 2.33. The second-order valence-corrected chi connectivity index (χ2v) is 12.4. The zero-order valence-corrected chi connectivity index (χ0v) is 23.3. The van der Waals surface area contributed by atoms with Crippen molar-refractivity contribution < 1.29 is 18.0 Å². The zero-order valence-electron chi connectivity index (χ0n) is 22.5. The minimum absolute atomic E-state index is 0.0409. The van der Waals surface area contributed by atoms with Crippen molar-refractivity contribution in [1.82, 2.24) is 19.1 Å². The fourth-order valence-corrected chi connectivity index (χ4v) is 5.51. The Labute approximate surface area is 227 Å². The fraction of sp³-hybridized carbons (Fsp3) is 0.346. The van der Waals surface area contributed by atoms with Gasteiger partial charge in [-0.2, -0.15) is 9.19 Å². The minimum Gasteiger partial charge on any atom is -0.382 e. The lowest BCUT2D eigenvalue weighted by Gasteiger charge is -2.45. The smallest absolute Gasteiger partial charge is 0.256 e. The number of anilines is 1. The van der Waals surface area contributed by atoms with Crippen LogP contribution in [0.25, 0.3) is 22.4 Å². The quantitative estimate of drug-likeness (QED) is 0.300. The van der Waals surface area contributed by atoms with E-state index in [1.54, 1.807) is 43.6 Å². The molecular weight excluding hydrogens is 520 g/mol. The molecule has 0 unspecified atom stereocenters. The molecule has 4 rings (SSSR count). The van der Waals surface area contributed by atoms with Crippen LogP contribution in [0.5, 0.6) is 0 Å². The maximum Gasteiger partial charge on any atom is 0.256 e. The van der Waals surface area contributed by atoms with Gasteiger partial charge in [-0.1, -0.05) is 12.1 Å². The van der Waals surface area contributed by atoms with Crippen LogP contribution in [0.15, 0.2) is 47.7 Å². The van der Waals surface area contributed by atoms with E-state index in [4.69, 9.17) is 11.1 Å². The number of carbonyl (C=O) groups is 2. The highest BCUT2D eigenvalue weighted by molar-refractivity contribution is 7.90. The number of H-pyrrole nitrogens is 1. The normalized spacial score (nSPS) is 16.2. The third-order valence-electron chi connectivity index (χ3n) is 6.84. The Kier molecular flexibility index (Phi) is 7.21. The summed E-state index contributed by atoms with van der Waals surface area (Å²) in [5, 5.41) is 10.7. The van der Waals surface area contributed by atoms with Gasteiger partial charge < -0.3 is 20.5 Å². The molecule has 0 saturated carbocycles. The van der Waals surface area contributed by atoms with Crippen LogP contribution in [-0.2, 0) is 19.6 Å². The molecule has 2 amide bonds. The summed E-state index contributed by atoms with van der Waals surface area (Å²) in [4.78, 5) is 35.8. The molecule has 2 aromatic heterocycles. The van der Waals surface area contributed by atoms with Crippen LogP contribution in [-0.4, -0.2) is 75.4 Å². The number of nitrogens with two attached hydrogens (primary N) is 1. The molecule has 4 N–H and O–H groups in total. The minimum atomic E-state index is -3.66. The lowest BCUT2D eigenvalue weighted by molar-refractivity contribution is -0.145. The zero-order chi connectivity index (χ0) is 28.7. The van der Waals surface area contributed by atoms with Gasteiger partial charge in [-0.25, -0.2) is 13.4 Å². The molecule has 206 valence electrons. The molecule has 3 heterocycles. The number of amides is 2. The average Bonchev–Trinajstić information content (AvgIpc) is 3.54. The second-order valence-electron chi connectivity index (χ2n) is 10.0. The van der Waals surface area contributed by atoms with Crippen molar-refractivity contribution in [3.63, 3.8) is 0 Å². The molecule has 0 aliphatic carbocycles. The lowest BCUT2D eigenvalue weighted by Crippen LogP contribution is -2.64. The first kappa shape index (κ1) is 27.8. The van der Waals surface area contributed by atoms with Gasteiger partial charge in [0.05, 0.1) is 23.3 Å². The average molecular weight is 553 g/mol. The molecule has 3 aromatic rings. The van der Waals surface area contributed by atoms with E-state index in [1.165, 1.54) is 19.3 Å². The molecule has 1 aliphatic heterocycles. The summed E-state index contributed by atoms with van der Waals surface area (Å²) in [5.74, 6) is -0.295. The van der Waals surface area contributed by atoms with Gasteiger partial charge in [0.15, 0.2) is 0 Å². The molecular formula is C26H32N8O4S. The van der Waals surface area contributed by atoms with E-state index < -0.39 is 20.8 Å². The monoisotopic (exact) mass is 552 g/mol. The molecule has 1 aromatic carbocycles. The third kappa shape index (κ3) is 4.97. The van der Waals surface area contributed by atoms with E-state index in [0.717, 1.165) is 16.0 Å². The number of amidine groups is 1. The van der Waals surface area contributed by atoms with Gasteiger partial charge >= 0.3 is 0 Å². The Morgan fingerprint density at radius 3 is 2.59 bits per heavy atom. The predicted octanol–water partition coefficient (Wildman–Crippen LogP) is 2.42. The van der Waals surface area contributed by atoms with Gasteiger partial charge in [0.2, 0.25) is 5.91 Å². The molecule has 1 saturated heterocycles. The Morgan fingerprint density at radius 2 is 1.95 bits per heavy atom. The summed E-state index contributed by atoms with van der Waals surface area (Å²) >= 11 is 0. The molecule has 1 aliphatic rings. The van der Waals surface area contributed by atoms with Crippen LogP contribution in [0.4, 0.5) is 5.69 Å². The molecule has 0 radical (unpaired) electrons. The van der Waals surface area contributed by atoms with Gasteiger partial charge in [-0.05, 0) is 45.9 Å². The Balaban J connectivity index is 1.76. The Bertz CT molecular complexity index is 1580. The highest BCUT2D eigenvalue weighted by atomic mass is 32.2. The van der Waals surface area contributed by atoms with Crippen molar-refractivity contribution in [2.24, 2.45) is 10.7 Å². The summed E-state index contributed by atoms with van der Waals surface area (Å²) < 4.78 is 26.1. The van der Waals surface area contributed by atoms with E-state index in [-0.39, 0.29) is 17.6 Å². The number of nitrogens with one attached hydrogen (secondary N) is 2. The number of carbonyl (C=O) groups excluding carboxylic acids is 2. The first-order valence-electron chi connectivity index (χ1n) is 12.3. The molecule has 39 heavy (non-hydrogen) atoms. The van der Waals surface area contributed by atoms with E-state index in [2.05, 4.69) is 15.1 Å². The van der Waals surface area contributed by atoms with Crippen LogP contribution in [0.1, 0.15) is 40.3 Å². The maximum absolute atomic E-state index is 13.4. The standard InChI is InChI=1S/C26H32N8O4S/c1-16(2)39(37,38)34-14-19(13-30-34)21-12-22(31-23(21)24(28)29-15-27)18-7-6-8-20(11-18)32-9-10-33(17(3)35)26(4,5)25(32)36/h6-8,11-16,31H,9-10H2,1-5H3,(H3,27,28,29). The number of nitrogens with zero attached hydrogens (tertiary/aromatic N) is 5. The number of piperazine rings is 1. The number of hydrogen-bond donors (Lipinski definition) is 3. The summed E-state index contributed by atoms with van der Waals surface area (Å²) in [6.45, 7) is 8.85. The van der Waals surface area contributed by atoms with Crippen molar-refractivity contribution in [2.75, 3.05) is 18.0 Å². The van der Waals surface area contributed by atoms with Crippen LogP contribution in [0.2, 0.25) is 0 Å². The summed E-state index contributed by atoms with van der Waals surface area (Å²) in [7, 11) is -3.66. The van der Waals surface area contributed by atoms with E-state index in [9.17, 15) is 18.0 Å². The molecule has 0 atom stereocenters. The van der Waals surface area contributed by atoms with Gasteiger partial charge in [0.25, 0.3) is 15.9 Å². The predicted molar refractivity (Wildman–Crippen MR) is 150 cm³/mol. The van der Waals surface area contributed by atoms with Gasteiger partial charge in [0, 0.05) is 48.1 Å². The van der Waals surface area contributed by atoms with E-state index in [1.807, 2.05) is 24.3 Å². The highest BCUT2D eigenvalue weighted by Gasteiger charge is 2.43. The topological polar surface area (TPSA) is 171 Å².